The van der Waals surface area contributed by atoms with E-state index in [0.717, 1.165) is 13.1 Å². The zero-order chi connectivity index (χ0) is 14.4. The number of fused-ring (bicyclic) bond motifs is 1. The first kappa shape index (κ1) is 15.3. The Morgan fingerprint density at radius 1 is 1.15 bits per heavy atom. The third kappa shape index (κ3) is 4.22. The lowest BCUT2D eigenvalue weighted by molar-refractivity contribution is 0.225. The van der Waals surface area contributed by atoms with Gasteiger partial charge in [0.05, 0.1) is 0 Å². The smallest absolute Gasteiger partial charge is 0.0376 e. The molecule has 0 aliphatic carbocycles. The van der Waals surface area contributed by atoms with Crippen molar-refractivity contribution in [1.29, 1.82) is 0 Å². The van der Waals surface area contributed by atoms with Gasteiger partial charge in [0, 0.05) is 37.8 Å². The molecule has 1 aliphatic heterocycles. The molecule has 1 atom stereocenters. The van der Waals surface area contributed by atoms with E-state index in [1.165, 1.54) is 43.7 Å². The number of hydrogen-bond donors (Lipinski definition) is 1. The molecule has 20 heavy (non-hydrogen) atoms. The van der Waals surface area contributed by atoms with Crippen molar-refractivity contribution >= 4 is 5.69 Å². The molecule has 2 rings (SSSR count). The minimum atomic E-state index is 0.682. The molecule has 1 aromatic carbocycles. The van der Waals surface area contributed by atoms with Crippen molar-refractivity contribution in [1.82, 2.24) is 9.80 Å². The Bertz CT molecular complexity index is 403. The van der Waals surface area contributed by atoms with Gasteiger partial charge in [0.25, 0.3) is 0 Å². The second-order valence-electron chi connectivity index (χ2n) is 6.10. The number of benzene rings is 1. The molecule has 3 nitrogen and oxygen atoms in total. The summed E-state index contributed by atoms with van der Waals surface area (Å²) >= 11 is 0. The van der Waals surface area contributed by atoms with Gasteiger partial charge in [-0.05, 0) is 45.1 Å². The fourth-order valence-electron chi connectivity index (χ4n) is 3.00. The Balaban J connectivity index is 2.00. The molecule has 0 saturated heterocycles. The first-order valence-corrected chi connectivity index (χ1v) is 7.90. The second-order valence-corrected chi connectivity index (χ2v) is 6.10. The highest BCUT2D eigenvalue weighted by Gasteiger charge is 2.21. The molecule has 0 bridgehead atoms. The predicted molar refractivity (Wildman–Crippen MR) is 87.6 cm³/mol. The van der Waals surface area contributed by atoms with Crippen LogP contribution in [-0.2, 0) is 0 Å². The Labute approximate surface area is 124 Å². The van der Waals surface area contributed by atoms with Gasteiger partial charge in [0.2, 0.25) is 0 Å². The van der Waals surface area contributed by atoms with Crippen molar-refractivity contribution in [2.45, 2.75) is 25.7 Å². The van der Waals surface area contributed by atoms with Crippen LogP contribution in [-0.4, -0.2) is 56.6 Å². The molecule has 0 fully saturated rings. The topological polar surface area (TPSA) is 18.5 Å². The molecule has 0 aromatic heterocycles. The fourth-order valence-corrected chi connectivity index (χ4v) is 3.00. The highest BCUT2D eigenvalue weighted by Crippen LogP contribution is 2.31. The van der Waals surface area contributed by atoms with E-state index < -0.39 is 0 Å². The lowest BCUT2D eigenvalue weighted by atomic mass is 9.90. The molecule has 1 heterocycles. The van der Waals surface area contributed by atoms with Gasteiger partial charge < -0.3 is 15.1 Å². The normalized spacial score (nSPS) is 18.1. The van der Waals surface area contributed by atoms with Crippen LogP contribution in [0.15, 0.2) is 24.3 Å². The van der Waals surface area contributed by atoms with Crippen LogP contribution in [0.25, 0.3) is 0 Å². The van der Waals surface area contributed by atoms with Crippen LogP contribution >= 0.6 is 0 Å². The molecular formula is C17H29N3. The van der Waals surface area contributed by atoms with E-state index in [-0.39, 0.29) is 0 Å². The molecule has 0 amide bonds. The highest BCUT2D eigenvalue weighted by molar-refractivity contribution is 5.54. The van der Waals surface area contributed by atoms with Crippen LogP contribution in [0.2, 0.25) is 0 Å². The number of para-hydroxylation sites is 1. The Kier molecular flexibility index (Phi) is 5.86. The van der Waals surface area contributed by atoms with E-state index in [1.54, 1.807) is 0 Å². The zero-order valence-corrected chi connectivity index (χ0v) is 13.2. The van der Waals surface area contributed by atoms with E-state index in [0.29, 0.717) is 5.92 Å². The zero-order valence-electron chi connectivity index (χ0n) is 13.2. The molecule has 0 spiro atoms. The summed E-state index contributed by atoms with van der Waals surface area (Å²) in [4.78, 5) is 4.91. The molecule has 1 N–H and O–H groups in total. The second kappa shape index (κ2) is 7.65. The summed E-state index contributed by atoms with van der Waals surface area (Å²) < 4.78 is 0. The number of nitrogens with zero attached hydrogens (tertiary/aromatic N) is 2. The molecule has 1 unspecified atom stereocenters. The summed E-state index contributed by atoms with van der Waals surface area (Å²) in [6, 6.07) is 8.81. The summed E-state index contributed by atoms with van der Waals surface area (Å²) in [5.74, 6) is 0.682. The third-order valence-corrected chi connectivity index (χ3v) is 4.09. The molecule has 0 radical (unpaired) electrons. The standard InChI is InChI=1S/C17H29N3/c1-4-11-20(13-12-19(2)3)14-15-9-10-18-17-8-6-5-7-16(15)17/h5-8,15,18H,4,9-14H2,1-3H3. The molecule has 3 heteroatoms. The van der Waals surface area contributed by atoms with Gasteiger partial charge in [-0.3, -0.25) is 0 Å². The molecule has 1 aliphatic rings. The maximum atomic E-state index is 3.52. The van der Waals surface area contributed by atoms with Crippen LogP contribution < -0.4 is 5.32 Å². The lowest BCUT2D eigenvalue weighted by Crippen LogP contribution is -2.36. The van der Waals surface area contributed by atoms with Gasteiger partial charge in [-0.1, -0.05) is 25.1 Å². The van der Waals surface area contributed by atoms with E-state index >= 15 is 0 Å². The number of nitrogens with one attached hydrogen (secondary N) is 1. The Hall–Kier alpha value is -1.06. The number of hydrogen-bond acceptors (Lipinski definition) is 3. The maximum Gasteiger partial charge on any atom is 0.0376 e. The van der Waals surface area contributed by atoms with Crippen molar-refractivity contribution < 1.29 is 0 Å². The third-order valence-electron chi connectivity index (χ3n) is 4.09. The summed E-state index contributed by atoms with van der Waals surface area (Å²) in [6.45, 7) is 8.11. The monoisotopic (exact) mass is 275 g/mol. The van der Waals surface area contributed by atoms with E-state index in [9.17, 15) is 0 Å². The average molecular weight is 275 g/mol. The summed E-state index contributed by atoms with van der Waals surface area (Å²) in [6.07, 6.45) is 2.49. The molecule has 112 valence electrons. The summed E-state index contributed by atoms with van der Waals surface area (Å²) in [7, 11) is 4.31. The molecule has 1 aromatic rings. The minimum Gasteiger partial charge on any atom is -0.385 e. The largest absolute Gasteiger partial charge is 0.385 e. The maximum absolute atomic E-state index is 3.52. The number of rotatable bonds is 7. The van der Waals surface area contributed by atoms with Crippen LogP contribution in [0.3, 0.4) is 0 Å². The average Bonchev–Trinajstić information content (AvgIpc) is 2.45. The van der Waals surface area contributed by atoms with E-state index in [4.69, 9.17) is 0 Å². The van der Waals surface area contributed by atoms with Crippen LogP contribution in [0.1, 0.15) is 31.2 Å². The first-order valence-electron chi connectivity index (χ1n) is 7.90. The fraction of sp³-hybridized carbons (Fsp3) is 0.647. The van der Waals surface area contributed by atoms with Crippen molar-refractivity contribution in [2.24, 2.45) is 0 Å². The van der Waals surface area contributed by atoms with Gasteiger partial charge in [0.1, 0.15) is 0 Å². The molecular weight excluding hydrogens is 246 g/mol. The van der Waals surface area contributed by atoms with Gasteiger partial charge in [0.15, 0.2) is 0 Å². The first-order chi connectivity index (χ1) is 9.70. The number of likely N-dealkylation sites (N-methyl/N-ethyl adjacent to an activating group) is 1. The van der Waals surface area contributed by atoms with Gasteiger partial charge >= 0.3 is 0 Å². The van der Waals surface area contributed by atoms with Crippen LogP contribution in [0.5, 0.6) is 0 Å². The van der Waals surface area contributed by atoms with Crippen LogP contribution in [0.4, 0.5) is 5.69 Å². The summed E-state index contributed by atoms with van der Waals surface area (Å²) in [5, 5.41) is 3.52. The van der Waals surface area contributed by atoms with Crippen molar-refractivity contribution in [2.75, 3.05) is 52.1 Å². The number of anilines is 1. The van der Waals surface area contributed by atoms with Gasteiger partial charge in [-0.2, -0.15) is 0 Å². The van der Waals surface area contributed by atoms with E-state index in [1.807, 2.05) is 0 Å². The van der Waals surface area contributed by atoms with E-state index in [2.05, 4.69) is 60.4 Å². The Morgan fingerprint density at radius 3 is 2.70 bits per heavy atom. The van der Waals surface area contributed by atoms with Crippen molar-refractivity contribution in [3.63, 3.8) is 0 Å². The summed E-state index contributed by atoms with van der Waals surface area (Å²) in [5.41, 5.74) is 2.84. The SMILES string of the molecule is CCCN(CCN(C)C)CC1CCNc2ccccc21. The van der Waals surface area contributed by atoms with Crippen molar-refractivity contribution in [3.05, 3.63) is 29.8 Å². The highest BCUT2D eigenvalue weighted by atomic mass is 15.2. The quantitative estimate of drug-likeness (QED) is 0.825. The lowest BCUT2D eigenvalue weighted by Gasteiger charge is -2.32. The minimum absolute atomic E-state index is 0.682. The van der Waals surface area contributed by atoms with Crippen molar-refractivity contribution in [3.8, 4) is 0 Å². The van der Waals surface area contributed by atoms with Gasteiger partial charge in [-0.25, -0.2) is 0 Å². The van der Waals surface area contributed by atoms with Gasteiger partial charge in [-0.15, -0.1) is 0 Å². The van der Waals surface area contributed by atoms with Crippen LogP contribution in [0, 0.1) is 0 Å². The predicted octanol–water partition coefficient (Wildman–Crippen LogP) is 2.86. The Morgan fingerprint density at radius 2 is 1.95 bits per heavy atom. The molecule has 0 saturated carbocycles.